The van der Waals surface area contributed by atoms with Gasteiger partial charge in [0.1, 0.15) is 5.75 Å². The summed E-state index contributed by atoms with van der Waals surface area (Å²) in [6, 6.07) is 5.60. The molecule has 0 fully saturated rings. The second-order valence-electron chi connectivity index (χ2n) is 4.46. The molecule has 1 unspecified atom stereocenters. The van der Waals surface area contributed by atoms with Crippen molar-refractivity contribution in [2.45, 2.75) is 26.3 Å². The molecule has 0 aromatic carbocycles. The molecule has 2 heterocycles. The van der Waals surface area contributed by atoms with Crippen LogP contribution in [0.5, 0.6) is 5.75 Å². The fourth-order valence-electron chi connectivity index (χ4n) is 1.91. The Morgan fingerprint density at radius 1 is 1.37 bits per heavy atom. The fraction of sp³-hybridized carbons (Fsp3) is 0.333. The third-order valence-corrected chi connectivity index (χ3v) is 2.95. The Kier molecular flexibility index (Phi) is 4.47. The fourth-order valence-corrected chi connectivity index (χ4v) is 1.91. The largest absolute Gasteiger partial charge is 0.492 e. The maximum atomic E-state index is 6.28. The van der Waals surface area contributed by atoms with Crippen LogP contribution in [0.3, 0.4) is 0 Å². The van der Waals surface area contributed by atoms with Gasteiger partial charge < -0.3 is 10.5 Å². The van der Waals surface area contributed by atoms with Gasteiger partial charge in [-0.25, -0.2) is 0 Å². The van der Waals surface area contributed by atoms with Gasteiger partial charge in [-0.05, 0) is 36.6 Å². The van der Waals surface area contributed by atoms with Crippen LogP contribution >= 0.6 is 0 Å². The summed E-state index contributed by atoms with van der Waals surface area (Å²) in [7, 11) is 0. The molecule has 1 atom stereocenters. The summed E-state index contributed by atoms with van der Waals surface area (Å²) in [6.45, 7) is 4.72. The van der Waals surface area contributed by atoms with Gasteiger partial charge in [-0.3, -0.25) is 9.97 Å². The van der Waals surface area contributed by atoms with E-state index in [4.69, 9.17) is 10.5 Å². The number of pyridine rings is 2. The minimum Gasteiger partial charge on any atom is -0.492 e. The third-order valence-electron chi connectivity index (χ3n) is 2.95. The first-order chi connectivity index (χ1) is 9.22. The molecule has 2 rings (SSSR count). The quantitative estimate of drug-likeness (QED) is 0.894. The van der Waals surface area contributed by atoms with Crippen LogP contribution in [0.4, 0.5) is 0 Å². The molecule has 4 nitrogen and oxygen atoms in total. The van der Waals surface area contributed by atoms with E-state index in [1.165, 1.54) is 0 Å². The molecular weight excluding hydrogens is 238 g/mol. The van der Waals surface area contributed by atoms with Gasteiger partial charge >= 0.3 is 0 Å². The summed E-state index contributed by atoms with van der Waals surface area (Å²) in [5.74, 6) is 0.761. The molecule has 0 aliphatic heterocycles. The number of aromatic nitrogens is 2. The SMILES string of the molecule is CCCOc1cncc(C(N)c2cccnc2C)c1. The molecule has 2 N–H and O–H groups in total. The highest BCUT2D eigenvalue weighted by atomic mass is 16.5. The number of nitrogens with zero attached hydrogens (tertiary/aromatic N) is 2. The second-order valence-corrected chi connectivity index (χ2v) is 4.46. The molecular formula is C15H19N3O. The van der Waals surface area contributed by atoms with Crippen molar-refractivity contribution in [3.05, 3.63) is 53.6 Å². The van der Waals surface area contributed by atoms with Crippen molar-refractivity contribution in [1.29, 1.82) is 0 Å². The Morgan fingerprint density at radius 2 is 2.21 bits per heavy atom. The number of hydrogen-bond donors (Lipinski definition) is 1. The van der Waals surface area contributed by atoms with E-state index >= 15 is 0 Å². The van der Waals surface area contributed by atoms with Crippen molar-refractivity contribution in [3.63, 3.8) is 0 Å². The summed E-state index contributed by atoms with van der Waals surface area (Å²) < 4.78 is 5.58. The summed E-state index contributed by atoms with van der Waals surface area (Å²) in [5.41, 5.74) is 9.16. The third kappa shape index (κ3) is 3.29. The van der Waals surface area contributed by atoms with Crippen molar-refractivity contribution in [1.82, 2.24) is 9.97 Å². The Labute approximate surface area is 113 Å². The number of nitrogens with two attached hydrogens (primary N) is 1. The zero-order valence-electron chi connectivity index (χ0n) is 11.3. The second kappa shape index (κ2) is 6.29. The summed E-state index contributed by atoms with van der Waals surface area (Å²) in [6.07, 6.45) is 6.22. The van der Waals surface area contributed by atoms with E-state index in [9.17, 15) is 0 Å². The van der Waals surface area contributed by atoms with Crippen LogP contribution in [0.2, 0.25) is 0 Å². The first-order valence-corrected chi connectivity index (χ1v) is 6.47. The lowest BCUT2D eigenvalue weighted by Crippen LogP contribution is -2.14. The van der Waals surface area contributed by atoms with E-state index in [0.717, 1.165) is 29.0 Å². The van der Waals surface area contributed by atoms with Crippen LogP contribution in [0.1, 0.15) is 36.2 Å². The van der Waals surface area contributed by atoms with Gasteiger partial charge in [0.15, 0.2) is 0 Å². The van der Waals surface area contributed by atoms with Crippen molar-refractivity contribution in [2.24, 2.45) is 5.73 Å². The molecule has 4 heteroatoms. The normalized spacial score (nSPS) is 12.2. The molecule has 0 amide bonds. The molecule has 2 aromatic heterocycles. The Morgan fingerprint density at radius 3 is 2.95 bits per heavy atom. The average Bonchev–Trinajstić information content (AvgIpc) is 2.45. The van der Waals surface area contributed by atoms with Gasteiger partial charge in [0.2, 0.25) is 0 Å². The number of aryl methyl sites for hydroxylation is 1. The van der Waals surface area contributed by atoms with Crippen molar-refractivity contribution < 1.29 is 4.74 Å². The first-order valence-electron chi connectivity index (χ1n) is 6.47. The predicted octanol–water partition coefficient (Wildman–Crippen LogP) is 2.62. The van der Waals surface area contributed by atoms with Crippen LogP contribution < -0.4 is 10.5 Å². The molecule has 0 saturated carbocycles. The highest BCUT2D eigenvalue weighted by molar-refractivity contribution is 5.35. The Hall–Kier alpha value is -1.94. The lowest BCUT2D eigenvalue weighted by Gasteiger charge is -2.15. The topological polar surface area (TPSA) is 61.0 Å². The van der Waals surface area contributed by atoms with Gasteiger partial charge in [0.05, 0.1) is 18.8 Å². The Balaban J connectivity index is 2.24. The maximum absolute atomic E-state index is 6.28. The molecule has 19 heavy (non-hydrogen) atoms. The van der Waals surface area contributed by atoms with E-state index < -0.39 is 0 Å². The van der Waals surface area contributed by atoms with Gasteiger partial charge in [-0.2, -0.15) is 0 Å². The Bertz CT molecular complexity index is 542. The van der Waals surface area contributed by atoms with Crippen LogP contribution in [-0.2, 0) is 0 Å². The number of rotatable bonds is 5. The lowest BCUT2D eigenvalue weighted by atomic mass is 10.00. The predicted molar refractivity (Wildman–Crippen MR) is 75.0 cm³/mol. The van der Waals surface area contributed by atoms with E-state index in [2.05, 4.69) is 16.9 Å². The van der Waals surface area contributed by atoms with Crippen molar-refractivity contribution in [3.8, 4) is 5.75 Å². The molecule has 0 bridgehead atoms. The van der Waals surface area contributed by atoms with Crippen LogP contribution in [0.15, 0.2) is 36.8 Å². The minimum atomic E-state index is -0.230. The summed E-state index contributed by atoms with van der Waals surface area (Å²) >= 11 is 0. The molecule has 0 aliphatic rings. The van der Waals surface area contributed by atoms with Gasteiger partial charge in [0, 0.05) is 18.1 Å². The smallest absolute Gasteiger partial charge is 0.137 e. The van der Waals surface area contributed by atoms with Crippen LogP contribution in [-0.4, -0.2) is 16.6 Å². The lowest BCUT2D eigenvalue weighted by molar-refractivity contribution is 0.315. The number of ether oxygens (including phenoxy) is 1. The average molecular weight is 257 g/mol. The van der Waals surface area contributed by atoms with Gasteiger partial charge in [0.25, 0.3) is 0 Å². The standard InChI is InChI=1S/C15H19N3O/c1-3-7-19-13-8-12(9-17-10-13)15(16)14-5-4-6-18-11(14)2/h4-6,8-10,15H,3,7,16H2,1-2H3. The molecule has 0 saturated heterocycles. The van der Waals surface area contributed by atoms with Crippen molar-refractivity contribution >= 4 is 0 Å². The summed E-state index contributed by atoms with van der Waals surface area (Å²) in [4.78, 5) is 8.45. The molecule has 2 aromatic rings. The van der Waals surface area contributed by atoms with E-state index in [1.807, 2.05) is 25.1 Å². The molecule has 0 aliphatic carbocycles. The van der Waals surface area contributed by atoms with Crippen LogP contribution in [0.25, 0.3) is 0 Å². The molecule has 100 valence electrons. The summed E-state index contributed by atoms with van der Waals surface area (Å²) in [5, 5.41) is 0. The highest BCUT2D eigenvalue weighted by Gasteiger charge is 2.12. The highest BCUT2D eigenvalue weighted by Crippen LogP contribution is 2.23. The monoisotopic (exact) mass is 257 g/mol. The maximum Gasteiger partial charge on any atom is 0.137 e. The zero-order chi connectivity index (χ0) is 13.7. The van der Waals surface area contributed by atoms with Crippen molar-refractivity contribution in [2.75, 3.05) is 6.61 Å². The molecule has 0 radical (unpaired) electrons. The van der Waals surface area contributed by atoms with E-state index in [1.54, 1.807) is 18.6 Å². The van der Waals surface area contributed by atoms with Gasteiger partial charge in [-0.1, -0.05) is 13.0 Å². The van der Waals surface area contributed by atoms with E-state index in [-0.39, 0.29) is 6.04 Å². The van der Waals surface area contributed by atoms with E-state index in [0.29, 0.717) is 6.61 Å². The zero-order valence-corrected chi connectivity index (χ0v) is 11.3. The minimum absolute atomic E-state index is 0.230. The van der Waals surface area contributed by atoms with Crippen LogP contribution in [0, 0.1) is 6.92 Å². The first kappa shape index (κ1) is 13.5. The van der Waals surface area contributed by atoms with Gasteiger partial charge in [-0.15, -0.1) is 0 Å². The molecule has 0 spiro atoms. The number of hydrogen-bond acceptors (Lipinski definition) is 4.